The molecule has 0 saturated carbocycles. The van der Waals surface area contributed by atoms with Gasteiger partial charge in [-0.05, 0) is 33.0 Å². The van der Waals surface area contributed by atoms with Crippen LogP contribution in [-0.2, 0) is 5.54 Å². The van der Waals surface area contributed by atoms with Gasteiger partial charge in [0.2, 0.25) is 0 Å². The highest BCUT2D eigenvalue weighted by molar-refractivity contribution is 7.71. The number of nitrogens with one attached hydrogen (secondary N) is 2. The molecule has 2 aromatic rings. The fourth-order valence-corrected chi connectivity index (χ4v) is 1.81. The van der Waals surface area contributed by atoms with E-state index in [1.54, 1.807) is 6.20 Å². The second kappa shape index (κ2) is 3.27. The van der Waals surface area contributed by atoms with E-state index in [9.17, 15) is 0 Å². The molecule has 0 unspecified atom stereocenters. The summed E-state index contributed by atoms with van der Waals surface area (Å²) in [6.07, 6.45) is 1.62. The highest BCUT2D eigenvalue weighted by Crippen LogP contribution is 2.22. The second-order valence-electron chi connectivity index (χ2n) is 4.21. The van der Waals surface area contributed by atoms with Crippen LogP contribution in [0.15, 0.2) is 6.20 Å². The molecule has 0 aliphatic heterocycles. The van der Waals surface area contributed by atoms with Gasteiger partial charge in [0.25, 0.3) is 0 Å². The third-order valence-corrected chi connectivity index (χ3v) is 2.26. The van der Waals surface area contributed by atoms with Crippen LogP contribution in [0.2, 0.25) is 0 Å². The predicted octanol–water partition coefficient (Wildman–Crippen LogP) is 1.48. The molecule has 0 atom stereocenters. The minimum absolute atomic E-state index is 0.141. The molecular weight excluding hydrogens is 212 g/mol. The quantitative estimate of drug-likeness (QED) is 0.719. The molecule has 0 fully saturated rings. The van der Waals surface area contributed by atoms with Gasteiger partial charge in [0.1, 0.15) is 5.69 Å². The van der Waals surface area contributed by atoms with E-state index in [-0.39, 0.29) is 5.54 Å². The first-order chi connectivity index (χ1) is 7.00. The van der Waals surface area contributed by atoms with Crippen molar-refractivity contribution in [3.05, 3.63) is 11.0 Å². The van der Waals surface area contributed by atoms with Gasteiger partial charge in [-0.2, -0.15) is 20.5 Å². The lowest BCUT2D eigenvalue weighted by atomic mass is 10.1. The average molecular weight is 224 g/mol. The van der Waals surface area contributed by atoms with Gasteiger partial charge >= 0.3 is 0 Å². The van der Waals surface area contributed by atoms with E-state index < -0.39 is 0 Å². The van der Waals surface area contributed by atoms with Crippen LogP contribution in [0.1, 0.15) is 20.8 Å². The van der Waals surface area contributed by atoms with Crippen molar-refractivity contribution in [2.24, 2.45) is 0 Å². The molecule has 2 rings (SSSR count). The highest BCUT2D eigenvalue weighted by Gasteiger charge is 2.21. The maximum absolute atomic E-state index is 5.18. The van der Waals surface area contributed by atoms with Crippen LogP contribution in [-0.4, -0.2) is 30.2 Å². The Hall–Kier alpha value is -1.50. The fourth-order valence-electron chi connectivity index (χ4n) is 1.40. The first kappa shape index (κ1) is 10.0. The summed E-state index contributed by atoms with van der Waals surface area (Å²) in [7, 11) is 0. The zero-order valence-electron chi connectivity index (χ0n) is 8.77. The Morgan fingerprint density at radius 1 is 1.33 bits per heavy atom. The molecule has 7 heteroatoms. The molecule has 2 aromatic heterocycles. The van der Waals surface area contributed by atoms with Crippen molar-refractivity contribution in [2.75, 3.05) is 0 Å². The molecule has 2 heterocycles. The van der Waals surface area contributed by atoms with Crippen LogP contribution in [0, 0.1) is 4.77 Å². The van der Waals surface area contributed by atoms with Gasteiger partial charge in [0, 0.05) is 5.54 Å². The zero-order valence-corrected chi connectivity index (χ0v) is 9.59. The lowest BCUT2D eigenvalue weighted by Crippen LogP contribution is -2.23. The Bertz CT molecular complexity index is 500. The van der Waals surface area contributed by atoms with E-state index in [0.717, 1.165) is 0 Å². The van der Waals surface area contributed by atoms with Crippen LogP contribution in [0.3, 0.4) is 0 Å². The summed E-state index contributed by atoms with van der Waals surface area (Å²) in [4.78, 5) is 0. The van der Waals surface area contributed by atoms with Crippen molar-refractivity contribution in [1.82, 2.24) is 30.2 Å². The van der Waals surface area contributed by atoms with Crippen molar-refractivity contribution in [2.45, 2.75) is 26.3 Å². The molecular formula is C8H12N6S. The molecule has 6 nitrogen and oxygen atoms in total. The van der Waals surface area contributed by atoms with E-state index in [1.165, 1.54) is 0 Å². The van der Waals surface area contributed by atoms with Crippen molar-refractivity contribution >= 4 is 12.2 Å². The summed E-state index contributed by atoms with van der Waals surface area (Å²) in [6, 6.07) is 0. The molecule has 0 radical (unpaired) electrons. The fraction of sp³-hybridized carbons (Fsp3) is 0.500. The van der Waals surface area contributed by atoms with Gasteiger partial charge in [-0.1, -0.05) is 0 Å². The number of H-pyrrole nitrogens is 2. The van der Waals surface area contributed by atoms with Crippen LogP contribution in [0.4, 0.5) is 0 Å². The van der Waals surface area contributed by atoms with Crippen LogP contribution in [0.5, 0.6) is 0 Å². The largest absolute Gasteiger partial charge is 0.293 e. The minimum atomic E-state index is -0.141. The number of rotatable bonds is 1. The van der Waals surface area contributed by atoms with Crippen molar-refractivity contribution in [1.29, 1.82) is 0 Å². The molecule has 2 N–H and O–H groups in total. The molecule has 0 saturated heterocycles. The van der Waals surface area contributed by atoms with Gasteiger partial charge in [-0.15, -0.1) is 0 Å². The van der Waals surface area contributed by atoms with Gasteiger partial charge in [0.05, 0.1) is 6.20 Å². The Morgan fingerprint density at radius 2 is 2.07 bits per heavy atom. The van der Waals surface area contributed by atoms with E-state index in [0.29, 0.717) is 16.3 Å². The Kier molecular flexibility index (Phi) is 2.18. The number of aromatic amines is 2. The van der Waals surface area contributed by atoms with E-state index in [1.807, 2.05) is 4.57 Å². The number of nitrogens with zero attached hydrogens (tertiary/aromatic N) is 4. The maximum atomic E-state index is 5.18. The monoisotopic (exact) mass is 224 g/mol. The SMILES string of the molecule is CC(C)(C)n1c(-c2cn[nH]n2)n[nH]c1=S. The van der Waals surface area contributed by atoms with E-state index >= 15 is 0 Å². The Balaban J connectivity index is 2.65. The molecule has 80 valence electrons. The smallest absolute Gasteiger partial charge is 0.195 e. The highest BCUT2D eigenvalue weighted by atomic mass is 32.1. The first-order valence-electron chi connectivity index (χ1n) is 4.54. The van der Waals surface area contributed by atoms with Gasteiger partial charge < -0.3 is 0 Å². The van der Waals surface area contributed by atoms with Gasteiger partial charge in [0.15, 0.2) is 10.6 Å². The third kappa shape index (κ3) is 1.70. The predicted molar refractivity (Wildman–Crippen MR) is 57.8 cm³/mol. The summed E-state index contributed by atoms with van der Waals surface area (Å²) >= 11 is 5.18. The molecule has 0 spiro atoms. The summed E-state index contributed by atoms with van der Waals surface area (Å²) in [5.74, 6) is 0.696. The van der Waals surface area contributed by atoms with Crippen LogP contribution >= 0.6 is 12.2 Å². The number of aromatic nitrogens is 6. The summed E-state index contributed by atoms with van der Waals surface area (Å²) in [6.45, 7) is 6.17. The molecule has 0 amide bonds. The number of hydrogen-bond acceptors (Lipinski definition) is 4. The average Bonchev–Trinajstić information content (AvgIpc) is 2.68. The Morgan fingerprint density at radius 3 is 2.60 bits per heavy atom. The summed E-state index contributed by atoms with van der Waals surface area (Å²) in [5, 5.41) is 17.2. The topological polar surface area (TPSA) is 75.2 Å². The van der Waals surface area contributed by atoms with Crippen molar-refractivity contribution in [3.8, 4) is 11.5 Å². The lowest BCUT2D eigenvalue weighted by molar-refractivity contribution is 0.395. The molecule has 15 heavy (non-hydrogen) atoms. The molecule has 0 aliphatic rings. The van der Waals surface area contributed by atoms with E-state index in [2.05, 4.69) is 46.4 Å². The standard InChI is InChI=1S/C8H12N6S/c1-8(2,3)14-6(11-12-7(14)15)5-4-9-13-10-5/h4H,1-3H3,(H,12,15)(H,9,10,13). The molecule has 0 aliphatic carbocycles. The normalized spacial score (nSPS) is 11.9. The second-order valence-corrected chi connectivity index (χ2v) is 4.60. The maximum Gasteiger partial charge on any atom is 0.195 e. The number of hydrogen-bond donors (Lipinski definition) is 2. The van der Waals surface area contributed by atoms with Gasteiger partial charge in [-0.3, -0.25) is 9.67 Å². The third-order valence-electron chi connectivity index (χ3n) is 1.99. The summed E-state index contributed by atoms with van der Waals surface area (Å²) < 4.78 is 2.50. The minimum Gasteiger partial charge on any atom is -0.293 e. The van der Waals surface area contributed by atoms with Crippen LogP contribution in [0.25, 0.3) is 11.5 Å². The zero-order chi connectivity index (χ0) is 11.1. The first-order valence-corrected chi connectivity index (χ1v) is 4.95. The van der Waals surface area contributed by atoms with E-state index in [4.69, 9.17) is 12.2 Å². The molecule has 0 aromatic carbocycles. The van der Waals surface area contributed by atoms with Crippen molar-refractivity contribution < 1.29 is 0 Å². The lowest BCUT2D eigenvalue weighted by Gasteiger charge is -2.21. The Labute approximate surface area is 91.7 Å². The van der Waals surface area contributed by atoms with Crippen molar-refractivity contribution in [3.63, 3.8) is 0 Å². The molecule has 0 bridgehead atoms. The van der Waals surface area contributed by atoms with Crippen LogP contribution < -0.4 is 0 Å². The summed E-state index contributed by atoms with van der Waals surface area (Å²) in [5.41, 5.74) is 0.538. The van der Waals surface area contributed by atoms with Gasteiger partial charge in [-0.25, -0.2) is 0 Å².